The highest BCUT2D eigenvalue weighted by Crippen LogP contribution is 2.23. The second-order valence-corrected chi connectivity index (χ2v) is 5.12. The van der Waals surface area contributed by atoms with Gasteiger partial charge in [-0.1, -0.05) is 0 Å². The van der Waals surface area contributed by atoms with Gasteiger partial charge >= 0.3 is 6.03 Å². The van der Waals surface area contributed by atoms with Crippen LogP contribution in [0, 0.1) is 0 Å². The average molecular weight is 326 g/mol. The van der Waals surface area contributed by atoms with Crippen molar-refractivity contribution in [2.24, 2.45) is 5.10 Å². The van der Waals surface area contributed by atoms with Gasteiger partial charge in [0.1, 0.15) is 18.1 Å². The minimum absolute atomic E-state index is 0.104. The first kappa shape index (κ1) is 15.5. The third-order valence-corrected chi connectivity index (χ3v) is 3.22. The molecule has 0 saturated carbocycles. The van der Waals surface area contributed by atoms with E-state index in [1.54, 1.807) is 24.3 Å². The van der Waals surface area contributed by atoms with Gasteiger partial charge in [0.05, 0.1) is 6.21 Å². The third-order valence-electron chi connectivity index (χ3n) is 3.22. The van der Waals surface area contributed by atoms with Crippen molar-refractivity contribution in [3.05, 3.63) is 42.2 Å². The van der Waals surface area contributed by atoms with E-state index in [4.69, 9.17) is 4.42 Å². The molecular formula is C16H14N4O4. The van der Waals surface area contributed by atoms with Gasteiger partial charge in [0.2, 0.25) is 11.8 Å². The van der Waals surface area contributed by atoms with Crippen LogP contribution in [0.2, 0.25) is 0 Å². The van der Waals surface area contributed by atoms with Gasteiger partial charge in [0, 0.05) is 18.2 Å². The van der Waals surface area contributed by atoms with Gasteiger partial charge in [-0.2, -0.15) is 5.10 Å². The van der Waals surface area contributed by atoms with E-state index in [-0.39, 0.29) is 12.5 Å². The van der Waals surface area contributed by atoms with Crippen molar-refractivity contribution in [2.45, 2.75) is 6.92 Å². The number of hydrogen-bond acceptors (Lipinski definition) is 5. The molecule has 1 aromatic carbocycles. The van der Waals surface area contributed by atoms with Crippen molar-refractivity contribution in [1.82, 2.24) is 10.3 Å². The number of hydrazone groups is 1. The second-order valence-electron chi connectivity index (χ2n) is 5.12. The molecular weight excluding hydrogens is 312 g/mol. The molecule has 24 heavy (non-hydrogen) atoms. The lowest BCUT2D eigenvalue weighted by Crippen LogP contribution is -2.24. The van der Waals surface area contributed by atoms with Crippen molar-refractivity contribution < 1.29 is 18.8 Å². The van der Waals surface area contributed by atoms with Crippen molar-refractivity contribution in [3.63, 3.8) is 0 Å². The number of furan rings is 1. The van der Waals surface area contributed by atoms with Gasteiger partial charge in [0.15, 0.2) is 0 Å². The Balaban J connectivity index is 1.70. The zero-order valence-corrected chi connectivity index (χ0v) is 12.8. The summed E-state index contributed by atoms with van der Waals surface area (Å²) in [6.45, 7) is 1.34. The predicted molar refractivity (Wildman–Crippen MR) is 86.3 cm³/mol. The number of hydrogen-bond donors (Lipinski definition) is 2. The zero-order chi connectivity index (χ0) is 17.1. The topological polar surface area (TPSA) is 104 Å². The normalized spacial score (nSPS) is 14.3. The van der Waals surface area contributed by atoms with Crippen LogP contribution in [0.15, 0.2) is 45.9 Å². The fourth-order valence-electron chi connectivity index (χ4n) is 2.15. The van der Waals surface area contributed by atoms with E-state index in [9.17, 15) is 14.4 Å². The first-order chi connectivity index (χ1) is 11.5. The van der Waals surface area contributed by atoms with Crippen LogP contribution < -0.4 is 10.6 Å². The molecule has 0 aliphatic carbocycles. The molecule has 2 heterocycles. The van der Waals surface area contributed by atoms with Crippen LogP contribution in [0.5, 0.6) is 0 Å². The first-order valence-corrected chi connectivity index (χ1v) is 7.14. The summed E-state index contributed by atoms with van der Waals surface area (Å²) in [5, 5.41) is 9.75. The maximum absolute atomic E-state index is 11.4. The quantitative estimate of drug-likeness (QED) is 0.660. The van der Waals surface area contributed by atoms with Crippen LogP contribution >= 0.6 is 0 Å². The lowest BCUT2D eigenvalue weighted by Gasteiger charge is -2.03. The number of urea groups is 1. The number of rotatable bonds is 4. The van der Waals surface area contributed by atoms with Gasteiger partial charge in [-0.05, 0) is 36.4 Å². The molecule has 0 radical (unpaired) electrons. The highest BCUT2D eigenvalue weighted by atomic mass is 16.3. The molecule has 8 nitrogen and oxygen atoms in total. The number of nitrogens with zero attached hydrogens (tertiary/aromatic N) is 2. The molecule has 3 rings (SSSR count). The van der Waals surface area contributed by atoms with E-state index in [1.165, 1.54) is 13.1 Å². The average Bonchev–Trinajstić information content (AvgIpc) is 3.12. The standard InChI is InChI=1S/C16H14N4O4/c1-10(21)18-12-4-2-11(3-5-12)14-7-6-13(24-14)8-17-20-9-15(22)19-16(20)23/h2-8H,9H2,1H3,(H,18,21)(H,19,22,23)/b17-8+. The third kappa shape index (κ3) is 3.49. The molecule has 1 aliphatic heterocycles. The molecule has 2 N–H and O–H groups in total. The Morgan fingerprint density at radius 3 is 2.62 bits per heavy atom. The Morgan fingerprint density at radius 2 is 2.00 bits per heavy atom. The molecule has 0 bridgehead atoms. The zero-order valence-electron chi connectivity index (χ0n) is 12.8. The van der Waals surface area contributed by atoms with E-state index >= 15 is 0 Å². The number of imide groups is 1. The molecule has 0 unspecified atom stereocenters. The molecule has 4 amide bonds. The lowest BCUT2D eigenvalue weighted by molar-refractivity contribution is -0.118. The molecule has 1 saturated heterocycles. The van der Waals surface area contributed by atoms with E-state index in [2.05, 4.69) is 15.7 Å². The van der Waals surface area contributed by atoms with Gasteiger partial charge in [-0.25, -0.2) is 9.80 Å². The summed E-state index contributed by atoms with van der Waals surface area (Å²) in [7, 11) is 0. The SMILES string of the molecule is CC(=O)Nc1ccc(-c2ccc(/C=N/N3CC(=O)NC3=O)o2)cc1. The fourth-order valence-corrected chi connectivity index (χ4v) is 2.15. The maximum Gasteiger partial charge on any atom is 0.344 e. The number of amides is 4. The summed E-state index contributed by atoms with van der Waals surface area (Å²) in [4.78, 5) is 33.4. The lowest BCUT2D eigenvalue weighted by atomic mass is 10.1. The van der Waals surface area contributed by atoms with E-state index in [1.807, 2.05) is 12.1 Å². The van der Waals surface area contributed by atoms with Crippen LogP contribution in [0.4, 0.5) is 10.5 Å². The maximum atomic E-state index is 11.4. The summed E-state index contributed by atoms with van der Waals surface area (Å²) in [6.07, 6.45) is 1.37. The van der Waals surface area contributed by atoms with Crippen molar-refractivity contribution in [3.8, 4) is 11.3 Å². The minimum Gasteiger partial charge on any atom is -0.455 e. The Hall–Kier alpha value is -3.42. The summed E-state index contributed by atoms with van der Waals surface area (Å²) in [5.74, 6) is 0.538. The number of carbonyl (C=O) groups excluding carboxylic acids is 3. The Morgan fingerprint density at radius 1 is 1.25 bits per heavy atom. The van der Waals surface area contributed by atoms with E-state index in [0.29, 0.717) is 17.2 Å². The minimum atomic E-state index is -0.559. The fraction of sp³-hybridized carbons (Fsp3) is 0.125. The van der Waals surface area contributed by atoms with Crippen LogP contribution in [0.25, 0.3) is 11.3 Å². The van der Waals surface area contributed by atoms with Crippen molar-refractivity contribution in [1.29, 1.82) is 0 Å². The molecule has 0 atom stereocenters. The van der Waals surface area contributed by atoms with E-state index < -0.39 is 11.9 Å². The van der Waals surface area contributed by atoms with Crippen LogP contribution in [-0.2, 0) is 9.59 Å². The summed E-state index contributed by atoms with van der Waals surface area (Å²) >= 11 is 0. The number of carbonyl (C=O) groups is 3. The Kier molecular flexibility index (Phi) is 4.11. The van der Waals surface area contributed by atoms with Gasteiger partial charge in [-0.3, -0.25) is 14.9 Å². The number of nitrogens with one attached hydrogen (secondary N) is 2. The smallest absolute Gasteiger partial charge is 0.344 e. The van der Waals surface area contributed by atoms with Crippen molar-refractivity contribution in [2.75, 3.05) is 11.9 Å². The Labute approximate surface area is 137 Å². The van der Waals surface area contributed by atoms with E-state index in [0.717, 1.165) is 10.6 Å². The molecule has 2 aromatic rings. The van der Waals surface area contributed by atoms with Crippen molar-refractivity contribution >= 4 is 29.7 Å². The van der Waals surface area contributed by atoms with Gasteiger partial charge in [0.25, 0.3) is 0 Å². The molecule has 1 fully saturated rings. The van der Waals surface area contributed by atoms with Crippen LogP contribution in [0.3, 0.4) is 0 Å². The highest BCUT2D eigenvalue weighted by Gasteiger charge is 2.25. The monoisotopic (exact) mass is 326 g/mol. The molecule has 1 aliphatic rings. The molecule has 0 spiro atoms. The second kappa shape index (κ2) is 6.37. The summed E-state index contributed by atoms with van der Waals surface area (Å²) in [5.41, 5.74) is 1.53. The molecule has 8 heteroatoms. The highest BCUT2D eigenvalue weighted by molar-refractivity contribution is 6.02. The van der Waals surface area contributed by atoms with Gasteiger partial charge < -0.3 is 9.73 Å². The largest absolute Gasteiger partial charge is 0.455 e. The molecule has 122 valence electrons. The summed E-state index contributed by atoms with van der Waals surface area (Å²) in [6, 6.07) is 10.1. The number of benzene rings is 1. The Bertz CT molecular complexity index is 823. The number of anilines is 1. The van der Waals surface area contributed by atoms with Crippen LogP contribution in [0.1, 0.15) is 12.7 Å². The molecule has 1 aromatic heterocycles. The predicted octanol–water partition coefficient (Wildman–Crippen LogP) is 1.79. The summed E-state index contributed by atoms with van der Waals surface area (Å²) < 4.78 is 5.63. The van der Waals surface area contributed by atoms with Crippen LogP contribution in [-0.4, -0.2) is 35.6 Å². The first-order valence-electron chi connectivity index (χ1n) is 7.14. The van der Waals surface area contributed by atoms with Gasteiger partial charge in [-0.15, -0.1) is 0 Å².